The summed E-state index contributed by atoms with van der Waals surface area (Å²) in [4.78, 5) is 10.8. The molecule has 0 spiro atoms. The van der Waals surface area contributed by atoms with Crippen LogP contribution in [0.3, 0.4) is 0 Å². The van der Waals surface area contributed by atoms with Crippen LogP contribution in [0.25, 0.3) is 0 Å². The van der Waals surface area contributed by atoms with E-state index in [0.29, 0.717) is 17.2 Å². The molecule has 0 aliphatic rings. The van der Waals surface area contributed by atoms with Gasteiger partial charge in [-0.1, -0.05) is 56.3 Å². The standard InChI is InChI=1S/C32H39F6NO3SSi/c1-29(2,3)43(40)39-31(19-21-11-9-8-10-12-21,24-15-25(33)18-26(16-24)42-32(37,38)28(35)36)23-14-13-22(27(34)17-23)20-30(4,5)44(6,7)41/h8-18,28,39,41H,19-20H2,1-7H3/t31-,43+/m0/s1. The highest BCUT2D eigenvalue weighted by Crippen LogP contribution is 2.42. The summed E-state index contributed by atoms with van der Waals surface area (Å²) < 4.78 is 105. The van der Waals surface area contributed by atoms with Gasteiger partial charge in [0, 0.05) is 23.8 Å². The van der Waals surface area contributed by atoms with Crippen LogP contribution in [0.1, 0.15) is 56.9 Å². The Kier molecular flexibility index (Phi) is 10.7. The molecule has 3 aromatic rings. The van der Waals surface area contributed by atoms with Gasteiger partial charge in [-0.25, -0.2) is 8.78 Å². The molecule has 4 nitrogen and oxygen atoms in total. The molecule has 0 aliphatic heterocycles. The molecule has 2 N–H and O–H groups in total. The fourth-order valence-corrected chi connectivity index (χ4v) is 6.01. The van der Waals surface area contributed by atoms with Gasteiger partial charge in [0.2, 0.25) is 0 Å². The highest BCUT2D eigenvalue weighted by Gasteiger charge is 2.46. The van der Waals surface area contributed by atoms with Crippen LogP contribution in [0.2, 0.25) is 18.1 Å². The average molecular weight is 660 g/mol. The van der Waals surface area contributed by atoms with Crippen LogP contribution in [0, 0.1) is 11.6 Å². The van der Waals surface area contributed by atoms with Crippen LogP contribution in [0.4, 0.5) is 26.3 Å². The zero-order valence-corrected chi connectivity index (χ0v) is 27.6. The molecule has 0 amide bonds. The molecule has 44 heavy (non-hydrogen) atoms. The van der Waals surface area contributed by atoms with Gasteiger partial charge >= 0.3 is 12.5 Å². The summed E-state index contributed by atoms with van der Waals surface area (Å²) in [7, 11) is -2.72. The molecule has 0 saturated carbocycles. The molecule has 0 saturated heterocycles. The highest BCUT2D eigenvalue weighted by molar-refractivity contribution is 7.90. The minimum Gasteiger partial charge on any atom is -0.598 e. The van der Waals surface area contributed by atoms with E-state index in [9.17, 15) is 26.9 Å². The van der Waals surface area contributed by atoms with Crippen molar-refractivity contribution in [3.05, 3.63) is 101 Å². The van der Waals surface area contributed by atoms with Gasteiger partial charge in [0.05, 0.1) is 0 Å². The summed E-state index contributed by atoms with van der Waals surface area (Å²) in [5.41, 5.74) is -0.710. The van der Waals surface area contributed by atoms with E-state index in [4.69, 9.17) is 0 Å². The number of nitrogens with one attached hydrogen (secondary N) is 1. The lowest BCUT2D eigenvalue weighted by atomic mass is 9.78. The molecule has 0 aliphatic carbocycles. The normalized spacial score (nSPS) is 15.3. The smallest absolute Gasteiger partial charge is 0.461 e. The second kappa shape index (κ2) is 13.1. The summed E-state index contributed by atoms with van der Waals surface area (Å²) >= 11 is -1.89. The largest absolute Gasteiger partial charge is 0.598 e. The fraction of sp³-hybridized carbons (Fsp3) is 0.438. The molecular formula is C32H39F6NO3SSi. The molecule has 242 valence electrons. The number of rotatable bonds is 12. The monoisotopic (exact) mass is 659 g/mol. The number of benzene rings is 3. The number of halogens is 6. The van der Waals surface area contributed by atoms with E-state index in [1.807, 2.05) is 13.8 Å². The Labute approximate surface area is 259 Å². The zero-order chi connectivity index (χ0) is 33.3. The van der Waals surface area contributed by atoms with Crippen molar-refractivity contribution < 1.29 is 40.4 Å². The maximum Gasteiger partial charge on any atom is 0.461 e. The first-order valence-corrected chi connectivity index (χ1v) is 18.1. The Hall–Kier alpha value is -2.51. The summed E-state index contributed by atoms with van der Waals surface area (Å²) in [6.45, 7) is 12.3. The van der Waals surface area contributed by atoms with Crippen molar-refractivity contribution in [3.63, 3.8) is 0 Å². The van der Waals surface area contributed by atoms with Crippen molar-refractivity contribution >= 4 is 19.7 Å². The minimum absolute atomic E-state index is 0.0648. The zero-order valence-electron chi connectivity index (χ0n) is 25.8. The molecule has 0 radical (unpaired) electrons. The molecule has 12 heteroatoms. The molecule has 0 bridgehead atoms. The third-order valence-corrected chi connectivity index (χ3v) is 13.0. The highest BCUT2D eigenvalue weighted by atomic mass is 32.2. The lowest BCUT2D eigenvalue weighted by Gasteiger charge is -2.39. The van der Waals surface area contributed by atoms with Crippen LogP contribution >= 0.6 is 0 Å². The van der Waals surface area contributed by atoms with Crippen molar-refractivity contribution in [2.45, 2.75) is 88.4 Å². The fourth-order valence-electron chi connectivity index (χ4n) is 4.46. The molecule has 0 heterocycles. The van der Waals surface area contributed by atoms with E-state index < -0.39 is 64.9 Å². The van der Waals surface area contributed by atoms with Crippen LogP contribution < -0.4 is 9.46 Å². The molecule has 3 rings (SSSR count). The second-order valence-corrected chi connectivity index (χ2v) is 19.6. The van der Waals surface area contributed by atoms with Gasteiger partial charge in [0.1, 0.15) is 27.7 Å². The average Bonchev–Trinajstić information content (AvgIpc) is 2.88. The minimum atomic E-state index is -4.92. The van der Waals surface area contributed by atoms with E-state index in [0.717, 1.165) is 12.1 Å². The topological polar surface area (TPSA) is 64.5 Å². The molecule has 0 unspecified atom stereocenters. The van der Waals surface area contributed by atoms with Crippen molar-refractivity contribution in [2.24, 2.45) is 0 Å². The quantitative estimate of drug-likeness (QED) is 0.117. The van der Waals surface area contributed by atoms with Gasteiger partial charge < -0.3 is 14.1 Å². The van der Waals surface area contributed by atoms with Crippen molar-refractivity contribution in [1.29, 1.82) is 0 Å². The molecule has 0 fully saturated rings. The van der Waals surface area contributed by atoms with E-state index in [2.05, 4.69) is 9.46 Å². The Balaban J connectivity index is 2.32. The van der Waals surface area contributed by atoms with Gasteiger partial charge in [-0.05, 0) is 85.8 Å². The molecule has 3 aromatic carbocycles. The van der Waals surface area contributed by atoms with E-state index in [1.165, 1.54) is 12.1 Å². The maximum absolute atomic E-state index is 15.9. The van der Waals surface area contributed by atoms with Gasteiger partial charge in [0.15, 0.2) is 8.32 Å². The molecule has 0 aromatic heterocycles. The van der Waals surface area contributed by atoms with Gasteiger partial charge in [-0.15, -0.1) is 4.72 Å². The second-order valence-electron chi connectivity index (χ2n) is 13.1. The van der Waals surface area contributed by atoms with Crippen LogP contribution in [0.15, 0.2) is 66.7 Å². The lowest BCUT2D eigenvalue weighted by Crippen LogP contribution is -2.53. The van der Waals surface area contributed by atoms with Crippen LogP contribution in [-0.2, 0) is 29.7 Å². The third-order valence-electron chi connectivity index (χ3n) is 7.84. The maximum atomic E-state index is 15.9. The van der Waals surface area contributed by atoms with Gasteiger partial charge in [0.25, 0.3) is 0 Å². The Morgan fingerprint density at radius 3 is 2.02 bits per heavy atom. The number of alkyl halides is 4. The van der Waals surface area contributed by atoms with Crippen molar-refractivity contribution in [2.75, 3.05) is 0 Å². The summed E-state index contributed by atoms with van der Waals surface area (Å²) in [5.74, 6) is -2.62. The predicted octanol–water partition coefficient (Wildman–Crippen LogP) is 8.26. The number of hydrogen-bond donors (Lipinski definition) is 2. The summed E-state index contributed by atoms with van der Waals surface area (Å²) in [5, 5.41) is -0.604. The van der Waals surface area contributed by atoms with Gasteiger partial charge in [-0.2, -0.15) is 17.6 Å². The first-order valence-electron chi connectivity index (χ1n) is 14.0. The Bertz CT molecular complexity index is 1430. The SMILES string of the molecule is CC(C)(C)[S@@+]([O-])N[C@](Cc1ccccc1)(c1cc(F)cc(OC(F)(F)C(F)F)c1)c1ccc(CC(C)(C)[Si](C)(C)O)c(F)c1. The molecule has 2 atom stereocenters. The van der Waals surface area contributed by atoms with Crippen LogP contribution in [0.5, 0.6) is 5.75 Å². The first-order chi connectivity index (χ1) is 20.1. The van der Waals surface area contributed by atoms with Crippen molar-refractivity contribution in [3.8, 4) is 5.75 Å². The van der Waals surface area contributed by atoms with E-state index >= 15 is 8.78 Å². The number of ether oxygens (including phenoxy) is 1. The number of hydrogen-bond acceptors (Lipinski definition) is 4. The summed E-state index contributed by atoms with van der Waals surface area (Å²) in [6, 6.07) is 15.5. The van der Waals surface area contributed by atoms with Crippen molar-refractivity contribution in [1.82, 2.24) is 4.72 Å². The van der Waals surface area contributed by atoms with Crippen LogP contribution in [-0.4, -0.2) is 34.9 Å². The first kappa shape index (κ1) is 36.0. The predicted molar refractivity (Wildman–Crippen MR) is 164 cm³/mol. The van der Waals surface area contributed by atoms with Gasteiger partial charge in [-0.3, -0.25) is 0 Å². The summed E-state index contributed by atoms with van der Waals surface area (Å²) in [6.07, 6.45) is -8.96. The Morgan fingerprint density at radius 2 is 1.50 bits per heavy atom. The van der Waals surface area contributed by atoms with E-state index in [1.54, 1.807) is 70.3 Å². The van der Waals surface area contributed by atoms with E-state index in [-0.39, 0.29) is 24.0 Å². The molecular weight excluding hydrogens is 620 g/mol. The third kappa shape index (κ3) is 8.39. The lowest BCUT2D eigenvalue weighted by molar-refractivity contribution is -0.253. The Morgan fingerprint density at radius 1 is 0.886 bits per heavy atom.